The molecule has 6 nitrogen and oxygen atoms in total. The first kappa shape index (κ1) is 21.8. The number of nitrogen functional groups attached to an aromatic ring is 1. The maximum absolute atomic E-state index is 11.2. The Morgan fingerprint density at radius 1 is 1.35 bits per heavy atom. The lowest BCUT2D eigenvalue weighted by Crippen LogP contribution is -2.14. The molecular weight excluding hydrogens is 330 g/mol. The van der Waals surface area contributed by atoms with Crippen LogP contribution >= 0.6 is 0 Å². The number of carbonyl (C=O) groups excluding carboxylic acids is 1. The monoisotopic (exact) mass is 362 g/mol. The van der Waals surface area contributed by atoms with E-state index in [4.69, 9.17) is 10.5 Å². The number of hydrogen-bond donors (Lipinski definition) is 1. The third kappa shape index (κ3) is 7.30. The van der Waals surface area contributed by atoms with E-state index in [1.807, 2.05) is 0 Å². The van der Waals surface area contributed by atoms with Gasteiger partial charge in [0.2, 0.25) is 11.1 Å². The highest BCUT2D eigenvalue weighted by Gasteiger charge is 2.22. The molecule has 0 amide bonds. The summed E-state index contributed by atoms with van der Waals surface area (Å²) in [5.74, 6) is 0.690. The zero-order chi connectivity index (χ0) is 19.7. The van der Waals surface area contributed by atoms with Gasteiger partial charge in [-0.3, -0.25) is 4.79 Å². The molecule has 0 bridgehead atoms. The van der Waals surface area contributed by atoms with Crippen LogP contribution < -0.4 is 10.5 Å². The smallest absolute Gasteiger partial charge is 0.428 e. The lowest BCUT2D eigenvalue weighted by molar-refractivity contribution is -0.140. The van der Waals surface area contributed by atoms with Crippen LogP contribution in [0.1, 0.15) is 58.9 Å². The Balaban J connectivity index is 2.72. The van der Waals surface area contributed by atoms with Crippen molar-refractivity contribution in [3.05, 3.63) is 22.7 Å². The summed E-state index contributed by atoms with van der Waals surface area (Å²) in [7, 11) is 1.38. The van der Waals surface area contributed by atoms with E-state index in [0.29, 0.717) is 48.9 Å². The van der Waals surface area contributed by atoms with Gasteiger partial charge in [-0.15, -0.1) is 0 Å². The molecule has 0 fully saturated rings. The molecule has 1 unspecified atom stereocenters. The molecule has 0 spiro atoms. The Kier molecular flexibility index (Phi) is 8.37. The van der Waals surface area contributed by atoms with Gasteiger partial charge < -0.3 is 15.2 Å². The maximum Gasteiger partial charge on any atom is 0.428 e. The fourth-order valence-corrected chi connectivity index (χ4v) is 3.11. The second kappa shape index (κ2) is 10.0. The predicted octanol–water partition coefficient (Wildman–Crippen LogP) is 5.09. The minimum atomic E-state index is -0.241. The lowest BCUT2D eigenvalue weighted by Gasteiger charge is -2.23. The average molecular weight is 362 g/mol. The van der Waals surface area contributed by atoms with Crippen molar-refractivity contribution in [1.29, 1.82) is 5.39 Å². The van der Waals surface area contributed by atoms with Crippen LogP contribution in [0.15, 0.2) is 12.1 Å². The molecule has 1 atom stereocenters. The summed E-state index contributed by atoms with van der Waals surface area (Å²) in [6.45, 7) is 9.39. The van der Waals surface area contributed by atoms with Crippen LogP contribution in [0.25, 0.3) is 4.98 Å². The molecular formula is C20H32N3O3+. The summed E-state index contributed by atoms with van der Waals surface area (Å²) in [4.78, 5) is 14.5. The Bertz CT molecular complexity index is 645. The fraction of sp³-hybridized carbons (Fsp3) is 0.650. The topological polar surface area (TPSA) is 89.7 Å². The average Bonchev–Trinajstić information content (AvgIpc) is 2.55. The number of carbonyl (C=O) groups is 1. The molecule has 2 N–H and O–H groups in total. The van der Waals surface area contributed by atoms with Gasteiger partial charge in [0.25, 0.3) is 0 Å². The van der Waals surface area contributed by atoms with E-state index in [1.165, 1.54) is 7.11 Å². The number of ether oxygens (including phenoxy) is 2. The largest absolute Gasteiger partial charge is 0.485 e. The lowest BCUT2D eigenvalue weighted by atomic mass is 9.84. The fourth-order valence-electron chi connectivity index (χ4n) is 3.11. The van der Waals surface area contributed by atoms with Crippen LogP contribution in [-0.2, 0) is 16.0 Å². The number of diazo groups is 1. The van der Waals surface area contributed by atoms with Gasteiger partial charge in [-0.25, -0.2) is 0 Å². The molecule has 0 aliphatic heterocycles. The van der Waals surface area contributed by atoms with E-state index in [0.717, 1.165) is 18.4 Å². The molecule has 1 rings (SSSR count). The standard InChI is InChI=1S/C20H32N3O3/c1-14(13-20(2,3)4)11-12-26-19-16(23-22)10-9-15(18(19)21)7-6-8-17(24)25-5/h9-10,14H,6-8,11-13,21H2,1-5H3/q+1. The van der Waals surface area contributed by atoms with Crippen LogP contribution in [0.2, 0.25) is 0 Å². The summed E-state index contributed by atoms with van der Waals surface area (Å²) in [6.07, 6.45) is 3.60. The molecule has 0 aliphatic rings. The van der Waals surface area contributed by atoms with Gasteiger partial charge in [0.1, 0.15) is 0 Å². The third-order valence-electron chi connectivity index (χ3n) is 4.25. The number of nitrogens with two attached hydrogens (primary N) is 1. The summed E-state index contributed by atoms with van der Waals surface area (Å²) < 4.78 is 10.5. The van der Waals surface area contributed by atoms with Crippen molar-refractivity contribution in [1.82, 2.24) is 0 Å². The normalized spacial score (nSPS) is 12.3. The summed E-state index contributed by atoms with van der Waals surface area (Å²) in [5.41, 5.74) is 8.16. The van der Waals surface area contributed by atoms with Crippen LogP contribution in [0.3, 0.4) is 0 Å². The Hall–Kier alpha value is -2.29. The third-order valence-corrected chi connectivity index (χ3v) is 4.25. The van der Waals surface area contributed by atoms with Gasteiger partial charge in [0.15, 0.2) is 4.98 Å². The van der Waals surface area contributed by atoms with E-state index < -0.39 is 0 Å². The van der Waals surface area contributed by atoms with Gasteiger partial charge in [0.05, 0.1) is 19.4 Å². The summed E-state index contributed by atoms with van der Waals surface area (Å²) in [5, 5.41) is 9.20. The van der Waals surface area contributed by atoms with Gasteiger partial charge in [-0.2, -0.15) is 0 Å². The number of anilines is 1. The van der Waals surface area contributed by atoms with Crippen molar-refractivity contribution in [2.75, 3.05) is 19.5 Å². The summed E-state index contributed by atoms with van der Waals surface area (Å²) >= 11 is 0. The number of aryl methyl sites for hydroxylation is 1. The molecule has 0 aliphatic carbocycles. The SMILES string of the molecule is COC(=O)CCCc1ccc([N+]#N)c(OCCC(C)CC(C)(C)C)c1N. The Labute approximate surface area is 156 Å². The zero-order valence-electron chi connectivity index (χ0n) is 16.7. The van der Waals surface area contributed by atoms with Gasteiger partial charge in [-0.05, 0) is 48.6 Å². The highest BCUT2D eigenvalue weighted by Crippen LogP contribution is 2.37. The number of nitrogens with zero attached hydrogens (tertiary/aromatic N) is 2. The first-order valence-corrected chi connectivity index (χ1v) is 9.14. The van der Waals surface area contributed by atoms with E-state index in [1.54, 1.807) is 12.1 Å². The Morgan fingerprint density at radius 3 is 2.62 bits per heavy atom. The highest BCUT2D eigenvalue weighted by atomic mass is 16.5. The van der Waals surface area contributed by atoms with Crippen molar-refractivity contribution in [3.63, 3.8) is 0 Å². The second-order valence-corrected chi connectivity index (χ2v) is 8.02. The number of rotatable bonds is 9. The molecule has 6 heteroatoms. The minimum Gasteiger partial charge on any atom is -0.485 e. The van der Waals surface area contributed by atoms with Crippen LogP contribution in [0.4, 0.5) is 11.4 Å². The van der Waals surface area contributed by atoms with Gasteiger partial charge >= 0.3 is 11.7 Å². The van der Waals surface area contributed by atoms with Crippen molar-refractivity contribution < 1.29 is 14.3 Å². The number of methoxy groups -OCH3 is 1. The molecule has 1 aromatic carbocycles. The van der Waals surface area contributed by atoms with Crippen LogP contribution in [-0.4, -0.2) is 19.7 Å². The minimum absolute atomic E-state index is 0.241. The van der Waals surface area contributed by atoms with Crippen LogP contribution in [0, 0.1) is 16.7 Å². The van der Waals surface area contributed by atoms with Gasteiger partial charge in [0, 0.05) is 12.5 Å². The van der Waals surface area contributed by atoms with Crippen molar-refractivity contribution in [2.24, 2.45) is 11.3 Å². The highest BCUT2D eigenvalue weighted by molar-refractivity contribution is 5.73. The number of benzene rings is 1. The van der Waals surface area contributed by atoms with Crippen molar-refractivity contribution in [2.45, 2.75) is 59.8 Å². The molecule has 0 saturated carbocycles. The van der Waals surface area contributed by atoms with Gasteiger partial charge in [-0.1, -0.05) is 27.7 Å². The molecule has 0 heterocycles. The number of esters is 1. The van der Waals surface area contributed by atoms with E-state index in [2.05, 4.69) is 37.4 Å². The van der Waals surface area contributed by atoms with Crippen molar-refractivity contribution >= 4 is 17.3 Å². The zero-order valence-corrected chi connectivity index (χ0v) is 16.7. The van der Waals surface area contributed by atoms with Crippen LogP contribution in [0.5, 0.6) is 5.75 Å². The quantitative estimate of drug-likeness (QED) is 0.375. The second-order valence-electron chi connectivity index (χ2n) is 8.02. The molecule has 0 aromatic heterocycles. The van der Waals surface area contributed by atoms with Crippen molar-refractivity contribution in [3.8, 4) is 5.75 Å². The first-order valence-electron chi connectivity index (χ1n) is 9.14. The maximum atomic E-state index is 11.2. The van der Waals surface area contributed by atoms with E-state index >= 15 is 0 Å². The molecule has 26 heavy (non-hydrogen) atoms. The molecule has 144 valence electrons. The predicted molar refractivity (Wildman–Crippen MR) is 104 cm³/mol. The molecule has 0 radical (unpaired) electrons. The molecule has 1 aromatic rings. The first-order chi connectivity index (χ1) is 12.2. The van der Waals surface area contributed by atoms with E-state index in [9.17, 15) is 10.2 Å². The Morgan fingerprint density at radius 2 is 2.04 bits per heavy atom. The number of hydrogen-bond acceptors (Lipinski definition) is 5. The van der Waals surface area contributed by atoms with E-state index in [-0.39, 0.29) is 11.4 Å². The molecule has 0 saturated heterocycles. The summed E-state index contributed by atoms with van der Waals surface area (Å²) in [6, 6.07) is 3.48.